The Labute approximate surface area is 137 Å². The Bertz CT molecular complexity index is 687. The van der Waals surface area contributed by atoms with Gasteiger partial charge in [-0.15, -0.1) is 0 Å². The molecule has 7 heteroatoms. The van der Waals surface area contributed by atoms with E-state index in [1.807, 2.05) is 6.92 Å². The van der Waals surface area contributed by atoms with Gasteiger partial charge in [0.1, 0.15) is 11.6 Å². The third-order valence-corrected chi connectivity index (χ3v) is 6.28. The van der Waals surface area contributed by atoms with Crippen LogP contribution in [-0.2, 0) is 21.2 Å². The minimum atomic E-state index is -3.60. The predicted octanol–water partition coefficient (Wildman–Crippen LogP) is 1.94. The molecule has 0 aliphatic carbocycles. The van der Waals surface area contributed by atoms with E-state index >= 15 is 0 Å². The maximum absolute atomic E-state index is 13.3. The third-order valence-electron chi connectivity index (χ3n) is 4.37. The Morgan fingerprint density at radius 2 is 2.00 bits per heavy atom. The van der Waals surface area contributed by atoms with Crippen LogP contribution in [0.1, 0.15) is 37.9 Å². The van der Waals surface area contributed by atoms with Crippen molar-refractivity contribution in [2.45, 2.75) is 33.2 Å². The summed E-state index contributed by atoms with van der Waals surface area (Å²) in [4.78, 5) is 14.1. The van der Waals surface area contributed by atoms with Gasteiger partial charge in [0.15, 0.2) is 0 Å². The number of carbonyl (C=O) groups is 1. The molecule has 0 spiro atoms. The molecule has 2 rings (SSSR count). The van der Waals surface area contributed by atoms with Crippen molar-refractivity contribution in [3.8, 4) is 0 Å². The molecule has 128 valence electrons. The first kappa shape index (κ1) is 17.9. The summed E-state index contributed by atoms with van der Waals surface area (Å²) in [5.74, 6) is -1.21. The SMILES string of the molecule is CCN(CC)S(=O)(=O)CC(=O)N1CCc2cc(F)ccc2[C@H]1C. The van der Waals surface area contributed by atoms with Gasteiger partial charge in [0.25, 0.3) is 0 Å². The fourth-order valence-corrected chi connectivity index (χ4v) is 4.54. The molecule has 1 atom stereocenters. The fraction of sp³-hybridized carbons (Fsp3) is 0.562. The summed E-state index contributed by atoms with van der Waals surface area (Å²) in [5, 5.41) is 0. The summed E-state index contributed by atoms with van der Waals surface area (Å²) < 4.78 is 39.1. The molecule has 1 aromatic rings. The minimum Gasteiger partial charge on any atom is -0.335 e. The van der Waals surface area contributed by atoms with Gasteiger partial charge in [0, 0.05) is 19.6 Å². The van der Waals surface area contributed by atoms with Crippen LogP contribution < -0.4 is 0 Å². The van der Waals surface area contributed by atoms with Crippen LogP contribution in [0, 0.1) is 5.82 Å². The highest BCUT2D eigenvalue weighted by Gasteiger charge is 2.31. The summed E-state index contributed by atoms with van der Waals surface area (Å²) in [7, 11) is -3.60. The lowest BCUT2D eigenvalue weighted by atomic mass is 9.93. The minimum absolute atomic E-state index is 0.251. The number of rotatable bonds is 5. The highest BCUT2D eigenvalue weighted by Crippen LogP contribution is 2.30. The van der Waals surface area contributed by atoms with Crippen molar-refractivity contribution < 1.29 is 17.6 Å². The monoisotopic (exact) mass is 342 g/mol. The molecular weight excluding hydrogens is 319 g/mol. The van der Waals surface area contributed by atoms with Gasteiger partial charge >= 0.3 is 0 Å². The zero-order valence-electron chi connectivity index (χ0n) is 13.8. The van der Waals surface area contributed by atoms with Crippen LogP contribution in [0.5, 0.6) is 0 Å². The third kappa shape index (κ3) is 3.72. The van der Waals surface area contributed by atoms with Crippen molar-refractivity contribution in [1.82, 2.24) is 9.21 Å². The molecule has 23 heavy (non-hydrogen) atoms. The van der Waals surface area contributed by atoms with Gasteiger partial charge in [-0.1, -0.05) is 19.9 Å². The highest BCUT2D eigenvalue weighted by molar-refractivity contribution is 7.89. The number of amides is 1. The predicted molar refractivity (Wildman–Crippen MR) is 86.9 cm³/mol. The van der Waals surface area contributed by atoms with E-state index in [9.17, 15) is 17.6 Å². The first-order chi connectivity index (χ1) is 10.8. The number of sulfonamides is 1. The van der Waals surface area contributed by atoms with Gasteiger partial charge in [-0.2, -0.15) is 0 Å². The molecule has 1 aliphatic heterocycles. The molecule has 5 nitrogen and oxygen atoms in total. The van der Waals surface area contributed by atoms with Gasteiger partial charge < -0.3 is 4.90 Å². The number of benzene rings is 1. The van der Waals surface area contributed by atoms with E-state index in [4.69, 9.17) is 0 Å². The number of hydrogen-bond donors (Lipinski definition) is 0. The van der Waals surface area contributed by atoms with E-state index in [2.05, 4.69) is 0 Å². The van der Waals surface area contributed by atoms with Crippen molar-refractivity contribution in [3.63, 3.8) is 0 Å². The topological polar surface area (TPSA) is 57.7 Å². The molecule has 0 saturated heterocycles. The molecular formula is C16H23FN2O3S. The normalized spacial score (nSPS) is 18.1. The zero-order valence-corrected chi connectivity index (χ0v) is 14.6. The largest absolute Gasteiger partial charge is 0.335 e. The lowest BCUT2D eigenvalue weighted by Crippen LogP contribution is -2.44. The van der Waals surface area contributed by atoms with E-state index in [-0.39, 0.29) is 11.9 Å². The van der Waals surface area contributed by atoms with Crippen LogP contribution in [0.15, 0.2) is 18.2 Å². The fourth-order valence-electron chi connectivity index (χ4n) is 3.09. The smallest absolute Gasteiger partial charge is 0.239 e. The molecule has 0 N–H and O–H groups in total. The Hall–Kier alpha value is -1.47. The summed E-state index contributed by atoms with van der Waals surface area (Å²) in [5.41, 5.74) is 1.76. The lowest BCUT2D eigenvalue weighted by molar-refractivity contribution is -0.131. The second-order valence-corrected chi connectivity index (χ2v) is 7.67. The summed E-state index contributed by atoms with van der Waals surface area (Å²) in [6, 6.07) is 4.28. The van der Waals surface area contributed by atoms with Crippen LogP contribution >= 0.6 is 0 Å². The zero-order chi connectivity index (χ0) is 17.2. The molecule has 0 saturated carbocycles. The van der Waals surface area contributed by atoms with Crippen molar-refractivity contribution in [2.24, 2.45) is 0 Å². The Balaban J connectivity index is 2.17. The van der Waals surface area contributed by atoms with Crippen LogP contribution in [0.2, 0.25) is 0 Å². The van der Waals surface area contributed by atoms with Gasteiger partial charge in [-0.3, -0.25) is 4.79 Å². The summed E-state index contributed by atoms with van der Waals surface area (Å²) in [6.07, 6.45) is 0.536. The van der Waals surface area contributed by atoms with Crippen molar-refractivity contribution in [2.75, 3.05) is 25.4 Å². The first-order valence-corrected chi connectivity index (χ1v) is 9.46. The number of nitrogens with zero attached hydrogens (tertiary/aromatic N) is 2. The molecule has 1 aromatic carbocycles. The lowest BCUT2D eigenvalue weighted by Gasteiger charge is -2.35. The molecule has 1 amide bonds. The maximum Gasteiger partial charge on any atom is 0.239 e. The van der Waals surface area contributed by atoms with E-state index in [0.717, 1.165) is 11.1 Å². The highest BCUT2D eigenvalue weighted by atomic mass is 32.2. The summed E-state index contributed by atoms with van der Waals surface area (Å²) >= 11 is 0. The second-order valence-electron chi connectivity index (χ2n) is 5.70. The molecule has 0 fully saturated rings. The quantitative estimate of drug-likeness (QED) is 0.822. The first-order valence-electron chi connectivity index (χ1n) is 7.85. The van der Waals surface area contributed by atoms with Crippen molar-refractivity contribution in [1.29, 1.82) is 0 Å². The molecule has 1 heterocycles. The number of halogens is 1. The molecule has 0 bridgehead atoms. The summed E-state index contributed by atoms with van der Waals surface area (Å²) in [6.45, 7) is 6.45. The van der Waals surface area contributed by atoms with E-state index < -0.39 is 21.7 Å². The van der Waals surface area contributed by atoms with Crippen molar-refractivity contribution in [3.05, 3.63) is 35.1 Å². The van der Waals surface area contributed by atoms with Crippen LogP contribution in [0.4, 0.5) is 4.39 Å². The Morgan fingerprint density at radius 3 is 2.61 bits per heavy atom. The van der Waals surface area contributed by atoms with E-state index in [1.54, 1.807) is 24.8 Å². The molecule has 0 unspecified atom stereocenters. The van der Waals surface area contributed by atoms with Crippen LogP contribution in [-0.4, -0.2) is 48.9 Å². The van der Waals surface area contributed by atoms with Crippen molar-refractivity contribution >= 4 is 15.9 Å². The second kappa shape index (κ2) is 6.97. The maximum atomic E-state index is 13.3. The molecule has 0 aromatic heterocycles. The van der Waals surface area contributed by atoms with Crippen LogP contribution in [0.25, 0.3) is 0 Å². The number of hydrogen-bond acceptors (Lipinski definition) is 3. The van der Waals surface area contributed by atoms with Gasteiger partial charge in [-0.05, 0) is 36.6 Å². The van der Waals surface area contributed by atoms with E-state index in [0.29, 0.717) is 26.1 Å². The molecule has 1 aliphatic rings. The standard InChI is InChI=1S/C16H23FN2O3S/c1-4-18(5-2)23(21,22)11-16(20)19-9-8-13-10-14(17)6-7-15(13)12(19)3/h6-7,10,12H,4-5,8-9,11H2,1-3H3/t12-/m1/s1. The van der Waals surface area contributed by atoms with Gasteiger partial charge in [0.2, 0.25) is 15.9 Å². The average molecular weight is 342 g/mol. The average Bonchev–Trinajstić information content (AvgIpc) is 2.47. The molecule has 0 radical (unpaired) electrons. The number of carbonyl (C=O) groups excluding carboxylic acids is 1. The number of fused-ring (bicyclic) bond motifs is 1. The Kier molecular flexibility index (Phi) is 5.41. The van der Waals surface area contributed by atoms with Crippen LogP contribution in [0.3, 0.4) is 0 Å². The van der Waals surface area contributed by atoms with Gasteiger partial charge in [0.05, 0.1) is 6.04 Å². The van der Waals surface area contributed by atoms with E-state index in [1.165, 1.54) is 16.4 Å². The Morgan fingerprint density at radius 1 is 1.35 bits per heavy atom. The van der Waals surface area contributed by atoms with Gasteiger partial charge in [-0.25, -0.2) is 17.1 Å².